The van der Waals surface area contributed by atoms with Gasteiger partial charge in [0.2, 0.25) is 0 Å². The monoisotopic (exact) mass is 213 g/mol. The molecule has 0 saturated heterocycles. The first-order valence-electron chi connectivity index (χ1n) is 6.39. The first kappa shape index (κ1) is 13.0. The molecule has 15 heavy (non-hydrogen) atoms. The Morgan fingerprint density at radius 1 is 1.27 bits per heavy atom. The molecule has 2 heteroatoms. The second kappa shape index (κ2) is 6.49. The van der Waals surface area contributed by atoms with E-state index in [0.29, 0.717) is 12.1 Å². The van der Waals surface area contributed by atoms with Gasteiger partial charge in [-0.1, -0.05) is 26.7 Å². The summed E-state index contributed by atoms with van der Waals surface area (Å²) in [5.74, 6) is 1.65. The fraction of sp³-hybridized carbons (Fsp3) is 1.00. The first-order valence-corrected chi connectivity index (χ1v) is 6.39. The van der Waals surface area contributed by atoms with E-state index in [1.54, 1.807) is 0 Å². The zero-order valence-electron chi connectivity index (χ0n) is 10.8. The summed E-state index contributed by atoms with van der Waals surface area (Å²) in [4.78, 5) is 0. The van der Waals surface area contributed by atoms with Gasteiger partial charge in [0.15, 0.2) is 0 Å². The van der Waals surface area contributed by atoms with E-state index < -0.39 is 0 Å². The van der Waals surface area contributed by atoms with Crippen molar-refractivity contribution in [3.8, 4) is 0 Å². The van der Waals surface area contributed by atoms with Gasteiger partial charge in [-0.25, -0.2) is 0 Å². The summed E-state index contributed by atoms with van der Waals surface area (Å²) >= 11 is 0. The SMILES string of the molecule is CNC(CCCC(C)C)C(OC)C1CC1. The number of nitrogens with one attached hydrogen (secondary N) is 1. The first-order chi connectivity index (χ1) is 7.19. The van der Waals surface area contributed by atoms with Crippen LogP contribution >= 0.6 is 0 Å². The molecule has 1 fully saturated rings. The van der Waals surface area contributed by atoms with Crippen LogP contribution in [0.5, 0.6) is 0 Å². The standard InChI is InChI=1S/C13H27NO/c1-10(2)6-5-7-12(14-3)13(15-4)11-8-9-11/h10-14H,5-9H2,1-4H3. The normalized spacial score (nSPS) is 20.6. The lowest BCUT2D eigenvalue weighted by molar-refractivity contribution is 0.0497. The topological polar surface area (TPSA) is 21.3 Å². The summed E-state index contributed by atoms with van der Waals surface area (Å²) in [6.45, 7) is 4.59. The molecule has 0 amide bonds. The van der Waals surface area contributed by atoms with Crippen molar-refractivity contribution in [2.75, 3.05) is 14.2 Å². The van der Waals surface area contributed by atoms with Gasteiger partial charge in [-0.2, -0.15) is 0 Å². The maximum atomic E-state index is 5.62. The third kappa shape index (κ3) is 4.52. The van der Waals surface area contributed by atoms with Crippen LogP contribution in [0.1, 0.15) is 46.0 Å². The Morgan fingerprint density at radius 3 is 2.33 bits per heavy atom. The Morgan fingerprint density at radius 2 is 1.93 bits per heavy atom. The van der Waals surface area contributed by atoms with Crippen LogP contribution in [-0.2, 0) is 4.74 Å². The van der Waals surface area contributed by atoms with Crippen molar-refractivity contribution in [2.45, 2.75) is 58.1 Å². The Labute approximate surface area is 94.8 Å². The molecule has 0 aromatic rings. The van der Waals surface area contributed by atoms with Crippen LogP contribution in [0.4, 0.5) is 0 Å². The van der Waals surface area contributed by atoms with Crippen molar-refractivity contribution in [3.63, 3.8) is 0 Å². The average Bonchev–Trinajstić information content (AvgIpc) is 3.00. The van der Waals surface area contributed by atoms with Crippen molar-refractivity contribution in [1.82, 2.24) is 5.32 Å². The van der Waals surface area contributed by atoms with Gasteiger partial charge in [0, 0.05) is 13.2 Å². The zero-order chi connectivity index (χ0) is 11.3. The van der Waals surface area contributed by atoms with Crippen LogP contribution < -0.4 is 5.32 Å². The van der Waals surface area contributed by atoms with Crippen molar-refractivity contribution < 1.29 is 4.74 Å². The summed E-state index contributed by atoms with van der Waals surface area (Å²) in [6, 6.07) is 0.557. The van der Waals surface area contributed by atoms with Crippen LogP contribution in [0.2, 0.25) is 0 Å². The smallest absolute Gasteiger partial charge is 0.0752 e. The highest BCUT2D eigenvalue weighted by atomic mass is 16.5. The van der Waals surface area contributed by atoms with E-state index >= 15 is 0 Å². The van der Waals surface area contributed by atoms with Crippen LogP contribution in [-0.4, -0.2) is 26.3 Å². The van der Waals surface area contributed by atoms with Gasteiger partial charge in [0.25, 0.3) is 0 Å². The summed E-state index contributed by atoms with van der Waals surface area (Å²) in [5, 5.41) is 3.42. The minimum atomic E-state index is 0.446. The highest BCUT2D eigenvalue weighted by Crippen LogP contribution is 2.36. The Hall–Kier alpha value is -0.0800. The summed E-state index contributed by atoms with van der Waals surface area (Å²) < 4.78 is 5.62. The van der Waals surface area contributed by atoms with Gasteiger partial charge < -0.3 is 10.1 Å². The molecule has 90 valence electrons. The molecule has 2 nitrogen and oxygen atoms in total. The van der Waals surface area contributed by atoms with Crippen molar-refractivity contribution in [2.24, 2.45) is 11.8 Å². The van der Waals surface area contributed by atoms with Crippen molar-refractivity contribution in [3.05, 3.63) is 0 Å². The molecule has 1 aliphatic rings. The maximum Gasteiger partial charge on any atom is 0.0752 e. The zero-order valence-corrected chi connectivity index (χ0v) is 10.8. The Bertz CT molecular complexity index is 166. The number of methoxy groups -OCH3 is 1. The molecule has 1 N–H and O–H groups in total. The third-order valence-electron chi connectivity index (χ3n) is 3.42. The fourth-order valence-corrected chi connectivity index (χ4v) is 2.33. The number of likely N-dealkylation sites (N-methyl/N-ethyl adjacent to an activating group) is 1. The van der Waals surface area contributed by atoms with E-state index in [1.807, 2.05) is 7.11 Å². The van der Waals surface area contributed by atoms with Gasteiger partial charge >= 0.3 is 0 Å². The van der Waals surface area contributed by atoms with E-state index in [1.165, 1.54) is 32.1 Å². The molecule has 1 rings (SSSR count). The number of ether oxygens (including phenoxy) is 1. The largest absolute Gasteiger partial charge is 0.380 e. The Kier molecular flexibility index (Phi) is 5.62. The fourth-order valence-electron chi connectivity index (χ4n) is 2.33. The molecule has 1 aliphatic carbocycles. The second-order valence-electron chi connectivity index (χ2n) is 5.26. The second-order valence-corrected chi connectivity index (χ2v) is 5.26. The van der Waals surface area contributed by atoms with E-state index in [2.05, 4.69) is 26.2 Å². The molecule has 0 spiro atoms. The lowest BCUT2D eigenvalue weighted by Gasteiger charge is -2.26. The van der Waals surface area contributed by atoms with Gasteiger partial charge in [-0.15, -0.1) is 0 Å². The molecule has 0 aliphatic heterocycles. The molecule has 1 saturated carbocycles. The van der Waals surface area contributed by atoms with Crippen LogP contribution in [0, 0.1) is 11.8 Å². The van der Waals surface area contributed by atoms with Gasteiger partial charge in [0.05, 0.1) is 6.10 Å². The van der Waals surface area contributed by atoms with Crippen molar-refractivity contribution >= 4 is 0 Å². The van der Waals surface area contributed by atoms with Crippen molar-refractivity contribution in [1.29, 1.82) is 0 Å². The lowest BCUT2D eigenvalue weighted by Crippen LogP contribution is -2.40. The highest BCUT2D eigenvalue weighted by Gasteiger charge is 2.35. The Balaban J connectivity index is 2.26. The maximum absolute atomic E-state index is 5.62. The summed E-state index contributed by atoms with van der Waals surface area (Å²) in [5.41, 5.74) is 0. The molecular formula is C13H27NO. The molecule has 0 heterocycles. The third-order valence-corrected chi connectivity index (χ3v) is 3.42. The molecule has 2 unspecified atom stereocenters. The number of rotatable bonds is 8. The molecular weight excluding hydrogens is 186 g/mol. The van der Waals surface area contributed by atoms with Crippen LogP contribution in [0.25, 0.3) is 0 Å². The van der Waals surface area contributed by atoms with Gasteiger partial charge in [-0.3, -0.25) is 0 Å². The molecule has 0 aromatic carbocycles. The minimum Gasteiger partial charge on any atom is -0.380 e. The molecule has 0 aromatic heterocycles. The van der Waals surface area contributed by atoms with E-state index in [0.717, 1.165) is 11.8 Å². The van der Waals surface area contributed by atoms with Gasteiger partial charge in [-0.05, 0) is 38.1 Å². The van der Waals surface area contributed by atoms with Crippen LogP contribution in [0.15, 0.2) is 0 Å². The predicted octanol–water partition coefficient (Wildman–Crippen LogP) is 2.83. The highest BCUT2D eigenvalue weighted by molar-refractivity contribution is 4.89. The van der Waals surface area contributed by atoms with E-state index in [4.69, 9.17) is 4.74 Å². The number of hydrogen-bond donors (Lipinski definition) is 1. The molecule has 2 atom stereocenters. The predicted molar refractivity (Wildman–Crippen MR) is 65.1 cm³/mol. The molecule has 0 bridgehead atoms. The quantitative estimate of drug-likeness (QED) is 0.669. The lowest BCUT2D eigenvalue weighted by atomic mass is 9.97. The minimum absolute atomic E-state index is 0.446. The summed E-state index contributed by atoms with van der Waals surface area (Å²) in [7, 11) is 3.92. The number of hydrogen-bond acceptors (Lipinski definition) is 2. The summed E-state index contributed by atoms with van der Waals surface area (Å²) in [6.07, 6.45) is 7.07. The molecule has 0 radical (unpaired) electrons. The van der Waals surface area contributed by atoms with Crippen LogP contribution in [0.3, 0.4) is 0 Å². The average molecular weight is 213 g/mol. The van der Waals surface area contributed by atoms with E-state index in [-0.39, 0.29) is 0 Å². The van der Waals surface area contributed by atoms with E-state index in [9.17, 15) is 0 Å². The van der Waals surface area contributed by atoms with Gasteiger partial charge in [0.1, 0.15) is 0 Å².